The quantitative estimate of drug-likeness (QED) is 0.116. The number of carbonyl (C=O) groups excluding carboxylic acids is 5. The number of rotatable bonds is 16. The van der Waals surface area contributed by atoms with Crippen molar-refractivity contribution in [3.05, 3.63) is 29.8 Å². The molecule has 5 amide bonds. The number of phenols is 1. The van der Waals surface area contributed by atoms with Crippen LogP contribution in [-0.4, -0.2) is 69.9 Å². The van der Waals surface area contributed by atoms with Gasteiger partial charge in [-0.2, -0.15) is 0 Å². The van der Waals surface area contributed by atoms with Gasteiger partial charge in [-0.1, -0.05) is 32.4 Å². The van der Waals surface area contributed by atoms with Crippen LogP contribution in [0.25, 0.3) is 0 Å². The molecule has 5 atom stereocenters. The van der Waals surface area contributed by atoms with E-state index in [9.17, 15) is 39.0 Å². The molecule has 0 aromatic heterocycles. The maximum absolute atomic E-state index is 13.1. The third-order valence-electron chi connectivity index (χ3n) is 5.85. The second kappa shape index (κ2) is 15.1. The molecule has 0 heterocycles. The summed E-state index contributed by atoms with van der Waals surface area (Å²) in [5, 5.41) is 26.3. The standard InChI is InChI=1S/C24H36N6O8/c1-3-12(2)20(30-21(34)15(25)11-19(27)33)23(36)28-16(8-9-18(26)32)22(35)29-17(24(37)38)10-13-4-6-14(31)7-5-13/h4-7,12,15-17,20,31H,3,8-11,25H2,1-2H3,(H2,26,32)(H2,27,33)(H,28,36)(H,29,35)(H,30,34)(H,37,38). The van der Waals surface area contributed by atoms with E-state index in [1.54, 1.807) is 13.8 Å². The topological polar surface area (TPSA) is 257 Å². The largest absolute Gasteiger partial charge is 0.508 e. The van der Waals surface area contributed by atoms with Crippen LogP contribution in [0.5, 0.6) is 5.75 Å². The third kappa shape index (κ3) is 10.8. The molecule has 0 aliphatic carbocycles. The fraction of sp³-hybridized carbons (Fsp3) is 0.500. The molecule has 0 saturated heterocycles. The second-order valence-corrected chi connectivity index (χ2v) is 8.98. The Kier molecular flexibility index (Phi) is 12.7. The highest BCUT2D eigenvalue weighted by molar-refractivity contribution is 5.95. The summed E-state index contributed by atoms with van der Waals surface area (Å²) in [6.07, 6.45) is -0.656. The normalized spacial score (nSPS) is 14.7. The molecule has 210 valence electrons. The van der Waals surface area contributed by atoms with Crippen molar-refractivity contribution in [2.75, 3.05) is 0 Å². The lowest BCUT2D eigenvalue weighted by Gasteiger charge is -2.28. The summed E-state index contributed by atoms with van der Waals surface area (Å²) in [5.74, 6) is -5.82. The number of nitrogens with two attached hydrogens (primary N) is 3. The lowest BCUT2D eigenvalue weighted by Crippen LogP contribution is -2.59. The highest BCUT2D eigenvalue weighted by Crippen LogP contribution is 2.13. The first-order chi connectivity index (χ1) is 17.7. The van der Waals surface area contributed by atoms with E-state index in [1.165, 1.54) is 24.3 Å². The number of benzene rings is 1. The Hall–Kier alpha value is -4.20. The monoisotopic (exact) mass is 536 g/mol. The number of carbonyl (C=O) groups is 6. The maximum atomic E-state index is 13.1. The van der Waals surface area contributed by atoms with Crippen LogP contribution in [0.4, 0.5) is 0 Å². The lowest BCUT2D eigenvalue weighted by atomic mass is 9.96. The van der Waals surface area contributed by atoms with Gasteiger partial charge in [0.05, 0.1) is 12.5 Å². The molecule has 1 rings (SSSR count). The van der Waals surface area contributed by atoms with Crippen LogP contribution < -0.4 is 33.2 Å². The molecule has 1 aromatic carbocycles. The van der Waals surface area contributed by atoms with Crippen molar-refractivity contribution in [3.8, 4) is 5.75 Å². The fourth-order valence-electron chi connectivity index (χ4n) is 3.43. The van der Waals surface area contributed by atoms with Crippen molar-refractivity contribution in [1.82, 2.24) is 16.0 Å². The number of carboxylic acids is 1. The van der Waals surface area contributed by atoms with Gasteiger partial charge in [-0.25, -0.2) is 4.79 Å². The van der Waals surface area contributed by atoms with Gasteiger partial charge in [0, 0.05) is 12.8 Å². The van der Waals surface area contributed by atoms with E-state index < -0.39 is 72.0 Å². The molecule has 0 aliphatic heterocycles. The van der Waals surface area contributed by atoms with Crippen LogP contribution >= 0.6 is 0 Å². The average Bonchev–Trinajstić information content (AvgIpc) is 2.84. The summed E-state index contributed by atoms with van der Waals surface area (Å²) < 4.78 is 0. The van der Waals surface area contributed by atoms with Gasteiger partial charge in [0.2, 0.25) is 29.5 Å². The predicted molar refractivity (Wildman–Crippen MR) is 135 cm³/mol. The second-order valence-electron chi connectivity index (χ2n) is 8.98. The highest BCUT2D eigenvalue weighted by atomic mass is 16.4. The van der Waals surface area contributed by atoms with E-state index in [0.29, 0.717) is 12.0 Å². The molecule has 0 bridgehead atoms. The van der Waals surface area contributed by atoms with E-state index in [-0.39, 0.29) is 25.0 Å². The first-order valence-corrected chi connectivity index (χ1v) is 12.0. The Bertz CT molecular complexity index is 1020. The number of aromatic hydroxyl groups is 1. The number of hydrogen-bond acceptors (Lipinski definition) is 8. The number of primary amides is 2. The third-order valence-corrected chi connectivity index (χ3v) is 5.85. The van der Waals surface area contributed by atoms with E-state index in [0.717, 1.165) is 0 Å². The van der Waals surface area contributed by atoms with Gasteiger partial charge in [-0.3, -0.25) is 24.0 Å². The molecule has 0 aliphatic rings. The molecule has 14 nitrogen and oxygen atoms in total. The summed E-state index contributed by atoms with van der Waals surface area (Å²) >= 11 is 0. The van der Waals surface area contributed by atoms with Crippen molar-refractivity contribution in [2.45, 2.75) is 70.1 Å². The van der Waals surface area contributed by atoms with Gasteiger partial charge in [0.1, 0.15) is 23.9 Å². The number of carboxylic acid groups (broad SMARTS) is 1. The summed E-state index contributed by atoms with van der Waals surface area (Å²) in [5.41, 5.74) is 16.4. The van der Waals surface area contributed by atoms with Crippen LogP contribution in [0.15, 0.2) is 24.3 Å². The minimum absolute atomic E-state index is 0.0163. The first-order valence-electron chi connectivity index (χ1n) is 12.0. The summed E-state index contributed by atoms with van der Waals surface area (Å²) in [6.45, 7) is 3.43. The number of hydrogen-bond donors (Lipinski definition) is 8. The minimum Gasteiger partial charge on any atom is -0.508 e. The smallest absolute Gasteiger partial charge is 0.326 e. The molecule has 11 N–H and O–H groups in total. The minimum atomic E-state index is -1.39. The van der Waals surface area contributed by atoms with Gasteiger partial charge in [0.25, 0.3) is 0 Å². The number of aliphatic carboxylic acids is 1. The van der Waals surface area contributed by atoms with Crippen LogP contribution in [0.3, 0.4) is 0 Å². The van der Waals surface area contributed by atoms with E-state index >= 15 is 0 Å². The van der Waals surface area contributed by atoms with Crippen molar-refractivity contribution < 1.29 is 39.0 Å². The molecule has 0 spiro atoms. The molecule has 0 saturated carbocycles. The van der Waals surface area contributed by atoms with Crippen LogP contribution in [0.1, 0.15) is 45.1 Å². The molecule has 1 aromatic rings. The average molecular weight is 537 g/mol. The van der Waals surface area contributed by atoms with E-state index in [2.05, 4.69) is 16.0 Å². The lowest BCUT2D eigenvalue weighted by molar-refractivity contribution is -0.142. The Morgan fingerprint density at radius 1 is 0.868 bits per heavy atom. The van der Waals surface area contributed by atoms with Gasteiger partial charge in [0.15, 0.2) is 0 Å². The van der Waals surface area contributed by atoms with Gasteiger partial charge < -0.3 is 43.4 Å². The van der Waals surface area contributed by atoms with Gasteiger partial charge >= 0.3 is 5.97 Å². The molecule has 0 radical (unpaired) electrons. The van der Waals surface area contributed by atoms with Crippen molar-refractivity contribution in [1.29, 1.82) is 0 Å². The van der Waals surface area contributed by atoms with Crippen LogP contribution in [0.2, 0.25) is 0 Å². The van der Waals surface area contributed by atoms with Crippen molar-refractivity contribution in [2.24, 2.45) is 23.1 Å². The number of phenolic OH excluding ortho intramolecular Hbond substituents is 1. The summed E-state index contributed by atoms with van der Waals surface area (Å²) in [6, 6.07) is 0.504. The first kappa shape index (κ1) is 31.8. The van der Waals surface area contributed by atoms with Crippen LogP contribution in [0, 0.1) is 5.92 Å². The Morgan fingerprint density at radius 3 is 1.95 bits per heavy atom. The molecule has 14 heteroatoms. The Labute approximate surface area is 219 Å². The molecule has 0 fully saturated rings. The fourth-order valence-corrected chi connectivity index (χ4v) is 3.43. The SMILES string of the molecule is CCC(C)C(NC(=O)C(N)CC(N)=O)C(=O)NC(CCC(N)=O)C(=O)NC(Cc1ccc(O)cc1)C(=O)O. The zero-order valence-electron chi connectivity index (χ0n) is 21.3. The number of nitrogens with one attached hydrogen (secondary N) is 3. The Balaban J connectivity index is 3.08. The zero-order valence-corrected chi connectivity index (χ0v) is 21.3. The van der Waals surface area contributed by atoms with Crippen molar-refractivity contribution >= 4 is 35.5 Å². The van der Waals surface area contributed by atoms with Crippen molar-refractivity contribution in [3.63, 3.8) is 0 Å². The van der Waals surface area contributed by atoms with E-state index in [4.69, 9.17) is 17.2 Å². The summed E-state index contributed by atoms with van der Waals surface area (Å²) in [7, 11) is 0. The predicted octanol–water partition coefficient (Wildman–Crippen LogP) is -2.01. The zero-order chi connectivity index (χ0) is 29.0. The molecule has 38 heavy (non-hydrogen) atoms. The van der Waals surface area contributed by atoms with Gasteiger partial charge in [-0.15, -0.1) is 0 Å². The number of amides is 5. The highest BCUT2D eigenvalue weighted by Gasteiger charge is 2.32. The van der Waals surface area contributed by atoms with E-state index in [1.807, 2.05) is 0 Å². The van der Waals surface area contributed by atoms with Crippen LogP contribution in [-0.2, 0) is 35.2 Å². The van der Waals surface area contributed by atoms with Gasteiger partial charge in [-0.05, 0) is 30.0 Å². The maximum Gasteiger partial charge on any atom is 0.326 e. The molecular formula is C24H36N6O8. The summed E-state index contributed by atoms with van der Waals surface area (Å²) in [4.78, 5) is 72.8. The Morgan fingerprint density at radius 2 is 1.45 bits per heavy atom. The molecular weight excluding hydrogens is 500 g/mol. The molecule has 5 unspecified atom stereocenters.